The van der Waals surface area contributed by atoms with Crippen LogP contribution in [0.15, 0.2) is 29.1 Å². The molecule has 4 rings (SSSR count). The van der Waals surface area contributed by atoms with Crippen LogP contribution in [0.4, 0.5) is 28.8 Å². The summed E-state index contributed by atoms with van der Waals surface area (Å²) in [4.78, 5) is 25.0. The van der Waals surface area contributed by atoms with Crippen molar-refractivity contribution in [3.63, 3.8) is 0 Å². The fraction of sp³-hybridized carbons (Fsp3) is 0.133. The number of fused-ring (bicyclic) bond motifs is 1. The van der Waals surface area contributed by atoms with E-state index in [0.717, 1.165) is 10.4 Å². The normalized spacial score (nSPS) is 11.7. The van der Waals surface area contributed by atoms with Crippen molar-refractivity contribution >= 4 is 50.6 Å². The van der Waals surface area contributed by atoms with Crippen LogP contribution in [0.2, 0.25) is 0 Å². The molecule has 13 heteroatoms. The number of aromatic amines is 1. The maximum atomic E-state index is 12.6. The van der Waals surface area contributed by atoms with Crippen LogP contribution < -0.4 is 10.2 Å². The lowest BCUT2D eigenvalue weighted by atomic mass is 10.3. The highest BCUT2D eigenvalue weighted by Crippen LogP contribution is 2.34. The first-order chi connectivity index (χ1) is 13.3. The van der Waals surface area contributed by atoms with Crippen LogP contribution in [0, 0.1) is 0 Å². The van der Waals surface area contributed by atoms with Crippen molar-refractivity contribution in [1.82, 2.24) is 25.1 Å². The molecule has 1 aromatic carbocycles. The minimum absolute atomic E-state index is 0.170. The topological polar surface area (TPSA) is 99.7 Å². The molecule has 28 heavy (non-hydrogen) atoms. The molecule has 0 bridgehead atoms. The molecule has 0 spiro atoms. The number of anilines is 2. The molecule has 0 aliphatic heterocycles. The summed E-state index contributed by atoms with van der Waals surface area (Å²) in [5.74, 6) is 0.602. The first-order valence-corrected chi connectivity index (χ1v) is 9.41. The van der Waals surface area contributed by atoms with Gasteiger partial charge in [0.05, 0.1) is 16.5 Å². The number of carbonyl (C=O) groups is 1. The van der Waals surface area contributed by atoms with Crippen LogP contribution in [-0.4, -0.2) is 38.2 Å². The fourth-order valence-corrected chi connectivity index (χ4v) is 3.50. The van der Waals surface area contributed by atoms with Crippen molar-refractivity contribution in [3.8, 4) is 11.5 Å². The average Bonchev–Trinajstić information content (AvgIpc) is 3.38. The molecule has 0 radical (unpaired) electrons. The Morgan fingerprint density at radius 3 is 2.79 bits per heavy atom. The third-order valence-electron chi connectivity index (χ3n) is 3.66. The molecule has 3 heterocycles. The highest BCUT2D eigenvalue weighted by atomic mass is 32.1. The van der Waals surface area contributed by atoms with Gasteiger partial charge in [-0.25, -0.2) is 14.8 Å². The average molecular weight is 425 g/mol. The number of hydrogen-bond donors (Lipinski definition) is 2. The number of halogens is 3. The summed E-state index contributed by atoms with van der Waals surface area (Å²) in [5, 5.41) is 9.66. The summed E-state index contributed by atoms with van der Waals surface area (Å²) in [5.41, 5.74) is 4.21. The van der Waals surface area contributed by atoms with Crippen LogP contribution in [0.1, 0.15) is 5.01 Å². The number of urea groups is 1. The molecule has 0 fully saturated rings. The minimum Gasteiger partial charge on any atom is -0.337 e. The third-order valence-corrected chi connectivity index (χ3v) is 5.29. The van der Waals surface area contributed by atoms with E-state index in [1.165, 1.54) is 18.4 Å². The smallest absolute Gasteiger partial charge is 0.337 e. The molecule has 8 nitrogen and oxygen atoms in total. The predicted molar refractivity (Wildman–Crippen MR) is 99.5 cm³/mol. The van der Waals surface area contributed by atoms with Crippen LogP contribution in [0.25, 0.3) is 22.6 Å². The Morgan fingerprint density at radius 2 is 2.11 bits per heavy atom. The lowest BCUT2D eigenvalue weighted by Gasteiger charge is -2.14. The van der Waals surface area contributed by atoms with Gasteiger partial charge in [0.25, 0.3) is 0 Å². The van der Waals surface area contributed by atoms with E-state index < -0.39 is 17.2 Å². The Bertz CT molecular complexity index is 1140. The molecule has 0 aliphatic rings. The quantitative estimate of drug-likeness (QED) is 0.512. The number of rotatable bonds is 3. The Hall–Kier alpha value is -3.06. The van der Waals surface area contributed by atoms with Gasteiger partial charge in [-0.05, 0) is 18.2 Å². The SMILES string of the molecule is CN(C(=O)Nc1ccc2[nH]c(-c3cscn3)nc2c1)c1nnc(C(F)(F)F)s1. The van der Waals surface area contributed by atoms with Crippen molar-refractivity contribution < 1.29 is 18.0 Å². The number of nitrogens with one attached hydrogen (secondary N) is 2. The van der Waals surface area contributed by atoms with Gasteiger partial charge in [0.1, 0.15) is 5.69 Å². The van der Waals surface area contributed by atoms with Gasteiger partial charge in [-0.2, -0.15) is 13.2 Å². The zero-order valence-corrected chi connectivity index (χ0v) is 15.6. The second-order valence-electron chi connectivity index (χ2n) is 5.57. The van der Waals surface area contributed by atoms with Gasteiger partial charge in [-0.1, -0.05) is 11.3 Å². The molecular formula is C15H10F3N7OS2. The number of benzene rings is 1. The van der Waals surface area contributed by atoms with E-state index in [0.29, 0.717) is 22.7 Å². The molecule has 0 saturated heterocycles. The van der Waals surface area contributed by atoms with Gasteiger partial charge >= 0.3 is 12.2 Å². The number of aromatic nitrogens is 5. The molecule has 0 aliphatic carbocycles. The van der Waals surface area contributed by atoms with Gasteiger partial charge in [0.2, 0.25) is 10.1 Å². The van der Waals surface area contributed by atoms with E-state index in [-0.39, 0.29) is 16.5 Å². The zero-order valence-electron chi connectivity index (χ0n) is 14.0. The molecule has 3 aromatic heterocycles. The highest BCUT2D eigenvalue weighted by molar-refractivity contribution is 7.15. The Balaban J connectivity index is 1.52. The molecule has 4 aromatic rings. The number of thiazole rings is 1. The number of carbonyl (C=O) groups excluding carboxylic acids is 1. The van der Waals surface area contributed by atoms with E-state index in [1.807, 2.05) is 5.38 Å². The second kappa shape index (κ2) is 6.83. The van der Waals surface area contributed by atoms with Gasteiger partial charge in [-0.3, -0.25) is 4.90 Å². The maximum absolute atomic E-state index is 12.6. The van der Waals surface area contributed by atoms with E-state index in [2.05, 4.69) is 30.5 Å². The predicted octanol–water partition coefficient (Wildman–Crippen LogP) is 4.23. The summed E-state index contributed by atoms with van der Waals surface area (Å²) in [6.45, 7) is 0. The second-order valence-corrected chi connectivity index (χ2v) is 7.24. The lowest BCUT2D eigenvalue weighted by molar-refractivity contribution is -0.138. The van der Waals surface area contributed by atoms with Crippen molar-refractivity contribution in [2.24, 2.45) is 0 Å². The summed E-state index contributed by atoms with van der Waals surface area (Å²) < 4.78 is 37.9. The van der Waals surface area contributed by atoms with Gasteiger partial charge in [0, 0.05) is 18.1 Å². The summed E-state index contributed by atoms with van der Waals surface area (Å²) in [6.07, 6.45) is -4.60. The number of H-pyrrole nitrogens is 1. The summed E-state index contributed by atoms with van der Waals surface area (Å²) in [6, 6.07) is 4.38. The minimum atomic E-state index is -4.60. The summed E-state index contributed by atoms with van der Waals surface area (Å²) >= 11 is 1.73. The Labute approximate surface area is 163 Å². The molecule has 0 unspecified atom stereocenters. The molecular weight excluding hydrogens is 415 g/mol. The lowest BCUT2D eigenvalue weighted by Crippen LogP contribution is -2.31. The van der Waals surface area contributed by atoms with Crippen LogP contribution in [0.3, 0.4) is 0 Å². The van der Waals surface area contributed by atoms with Gasteiger partial charge in [0.15, 0.2) is 5.82 Å². The van der Waals surface area contributed by atoms with Crippen LogP contribution in [0.5, 0.6) is 0 Å². The molecule has 0 saturated carbocycles. The van der Waals surface area contributed by atoms with Gasteiger partial charge < -0.3 is 10.3 Å². The maximum Gasteiger partial charge on any atom is 0.445 e. The van der Waals surface area contributed by atoms with Crippen molar-refractivity contribution in [3.05, 3.63) is 34.1 Å². The van der Waals surface area contributed by atoms with E-state index >= 15 is 0 Å². The van der Waals surface area contributed by atoms with E-state index in [9.17, 15) is 18.0 Å². The fourth-order valence-electron chi connectivity index (χ4n) is 2.29. The van der Waals surface area contributed by atoms with Gasteiger partial charge in [-0.15, -0.1) is 21.5 Å². The number of nitrogens with zero attached hydrogens (tertiary/aromatic N) is 5. The first kappa shape index (κ1) is 18.3. The van der Waals surface area contributed by atoms with Crippen LogP contribution in [-0.2, 0) is 6.18 Å². The monoisotopic (exact) mass is 425 g/mol. The number of hydrogen-bond acceptors (Lipinski definition) is 7. The Morgan fingerprint density at radius 1 is 1.29 bits per heavy atom. The molecule has 0 atom stereocenters. The van der Waals surface area contributed by atoms with Crippen molar-refractivity contribution in [1.29, 1.82) is 0 Å². The molecule has 144 valence electrons. The Kier molecular flexibility index (Phi) is 4.47. The zero-order chi connectivity index (χ0) is 19.9. The van der Waals surface area contributed by atoms with Crippen molar-refractivity contribution in [2.75, 3.05) is 17.3 Å². The molecule has 2 N–H and O–H groups in total. The number of imidazole rings is 1. The number of alkyl halides is 3. The highest BCUT2D eigenvalue weighted by Gasteiger charge is 2.36. The van der Waals surface area contributed by atoms with Crippen LogP contribution >= 0.6 is 22.7 Å². The van der Waals surface area contributed by atoms with Crippen molar-refractivity contribution in [2.45, 2.75) is 6.18 Å². The largest absolute Gasteiger partial charge is 0.445 e. The first-order valence-electron chi connectivity index (χ1n) is 7.65. The van der Waals surface area contributed by atoms with E-state index in [1.54, 1.807) is 23.7 Å². The number of amides is 2. The van der Waals surface area contributed by atoms with E-state index in [4.69, 9.17) is 0 Å². The standard InChI is InChI=1S/C15H10F3N7OS2/c1-25(14-24-23-12(28-14)15(16,17)18)13(26)20-7-2-3-8-9(4-7)22-11(21-8)10-5-27-6-19-10/h2-6H,1H3,(H,20,26)(H,21,22). The summed E-state index contributed by atoms with van der Waals surface area (Å²) in [7, 11) is 1.31. The third kappa shape index (κ3) is 3.53. The molecule has 2 amide bonds.